The standard InChI is InChI=1S/C25H20N2O3/c1-16-13-17(2)15-20(14-16)30-25(29)22-21(18-9-5-3-6-10-18)23(26-27-24(22)28)19-11-7-4-8-12-19/h3-15H,1-2H3,(H,27,28). The zero-order chi connectivity index (χ0) is 21.1. The van der Waals surface area contributed by atoms with Gasteiger partial charge in [-0.25, -0.2) is 9.89 Å². The summed E-state index contributed by atoms with van der Waals surface area (Å²) in [5.41, 5.74) is 3.71. The van der Waals surface area contributed by atoms with E-state index in [1.54, 1.807) is 12.1 Å². The number of ether oxygens (including phenoxy) is 1. The van der Waals surface area contributed by atoms with Gasteiger partial charge in [0.15, 0.2) is 0 Å². The van der Waals surface area contributed by atoms with Gasteiger partial charge >= 0.3 is 5.97 Å². The normalized spacial score (nSPS) is 10.6. The number of nitrogens with one attached hydrogen (secondary N) is 1. The van der Waals surface area contributed by atoms with Crippen LogP contribution in [0.3, 0.4) is 0 Å². The highest BCUT2D eigenvalue weighted by atomic mass is 16.5. The fourth-order valence-corrected chi connectivity index (χ4v) is 3.49. The molecule has 30 heavy (non-hydrogen) atoms. The highest BCUT2D eigenvalue weighted by Gasteiger charge is 2.24. The molecule has 0 aliphatic heterocycles. The third-order valence-electron chi connectivity index (χ3n) is 4.70. The van der Waals surface area contributed by atoms with E-state index in [2.05, 4.69) is 10.2 Å². The van der Waals surface area contributed by atoms with Crippen LogP contribution in [0.4, 0.5) is 0 Å². The van der Waals surface area contributed by atoms with Gasteiger partial charge in [0.25, 0.3) is 5.56 Å². The number of carbonyl (C=O) groups is 1. The molecular formula is C25H20N2O3. The lowest BCUT2D eigenvalue weighted by Gasteiger charge is -2.13. The van der Waals surface area contributed by atoms with E-state index in [0.717, 1.165) is 16.7 Å². The number of H-pyrrole nitrogens is 1. The molecule has 0 unspecified atom stereocenters. The molecule has 0 saturated carbocycles. The number of benzene rings is 3. The van der Waals surface area contributed by atoms with E-state index in [9.17, 15) is 9.59 Å². The minimum absolute atomic E-state index is 0.0748. The van der Waals surface area contributed by atoms with Gasteiger partial charge in [0, 0.05) is 11.1 Å². The number of nitrogens with zero attached hydrogens (tertiary/aromatic N) is 1. The van der Waals surface area contributed by atoms with Crippen molar-refractivity contribution in [2.45, 2.75) is 13.8 Å². The first-order chi connectivity index (χ1) is 14.5. The van der Waals surface area contributed by atoms with Crippen molar-refractivity contribution in [2.75, 3.05) is 0 Å². The van der Waals surface area contributed by atoms with Crippen LogP contribution >= 0.6 is 0 Å². The third kappa shape index (κ3) is 3.91. The molecule has 3 aromatic carbocycles. The lowest BCUT2D eigenvalue weighted by Crippen LogP contribution is -2.25. The molecule has 0 amide bonds. The molecule has 0 bridgehead atoms. The number of aromatic amines is 1. The molecular weight excluding hydrogens is 376 g/mol. The molecule has 0 aliphatic rings. The maximum atomic E-state index is 13.2. The van der Waals surface area contributed by atoms with Crippen molar-refractivity contribution in [3.05, 3.63) is 106 Å². The van der Waals surface area contributed by atoms with Gasteiger partial charge in [-0.3, -0.25) is 4.79 Å². The Morgan fingerprint density at radius 2 is 1.40 bits per heavy atom. The van der Waals surface area contributed by atoms with Crippen molar-refractivity contribution >= 4 is 5.97 Å². The molecule has 5 nitrogen and oxygen atoms in total. The van der Waals surface area contributed by atoms with Crippen molar-refractivity contribution in [3.8, 4) is 28.1 Å². The quantitative estimate of drug-likeness (QED) is 0.392. The minimum atomic E-state index is -0.723. The molecule has 4 rings (SSSR count). The largest absolute Gasteiger partial charge is 0.423 e. The third-order valence-corrected chi connectivity index (χ3v) is 4.70. The van der Waals surface area contributed by atoms with Gasteiger partial charge in [-0.2, -0.15) is 5.10 Å². The molecule has 148 valence electrons. The minimum Gasteiger partial charge on any atom is -0.423 e. The fourth-order valence-electron chi connectivity index (χ4n) is 3.49. The van der Waals surface area contributed by atoms with Crippen LogP contribution in [0.2, 0.25) is 0 Å². The molecule has 0 aliphatic carbocycles. The highest BCUT2D eigenvalue weighted by molar-refractivity contribution is 6.01. The number of hydrogen-bond donors (Lipinski definition) is 1. The van der Waals surface area contributed by atoms with Gasteiger partial charge < -0.3 is 4.74 Å². The maximum absolute atomic E-state index is 13.2. The summed E-state index contributed by atoms with van der Waals surface area (Å²) in [5.74, 6) is -0.325. The van der Waals surface area contributed by atoms with E-state index in [-0.39, 0.29) is 5.56 Å². The van der Waals surface area contributed by atoms with Crippen molar-refractivity contribution < 1.29 is 9.53 Å². The Balaban J connectivity index is 1.90. The van der Waals surface area contributed by atoms with E-state index in [0.29, 0.717) is 22.6 Å². The first kappa shape index (κ1) is 19.3. The van der Waals surface area contributed by atoms with Gasteiger partial charge in [-0.1, -0.05) is 66.7 Å². The summed E-state index contributed by atoms with van der Waals surface area (Å²) < 4.78 is 5.61. The average molecular weight is 396 g/mol. The molecule has 4 aromatic rings. The summed E-state index contributed by atoms with van der Waals surface area (Å²) in [5, 5.41) is 6.72. The average Bonchev–Trinajstić information content (AvgIpc) is 2.74. The van der Waals surface area contributed by atoms with Crippen molar-refractivity contribution in [2.24, 2.45) is 0 Å². The first-order valence-electron chi connectivity index (χ1n) is 9.57. The Hall–Kier alpha value is -3.99. The monoisotopic (exact) mass is 396 g/mol. The number of carbonyl (C=O) groups excluding carboxylic acids is 1. The van der Waals surface area contributed by atoms with Crippen LogP contribution in [0.1, 0.15) is 21.5 Å². The summed E-state index contributed by atoms with van der Waals surface area (Å²) in [6.45, 7) is 3.85. The summed E-state index contributed by atoms with van der Waals surface area (Å²) in [7, 11) is 0. The van der Waals surface area contributed by atoms with E-state index in [4.69, 9.17) is 4.74 Å². The zero-order valence-corrected chi connectivity index (χ0v) is 16.7. The van der Waals surface area contributed by atoms with Gasteiger partial charge in [0.1, 0.15) is 11.3 Å². The predicted octanol–water partition coefficient (Wildman–Crippen LogP) is 4.94. The van der Waals surface area contributed by atoms with E-state index in [1.807, 2.05) is 80.6 Å². The predicted molar refractivity (Wildman–Crippen MR) is 117 cm³/mol. The molecule has 0 spiro atoms. The molecule has 1 heterocycles. The molecule has 0 saturated heterocycles. The van der Waals surface area contributed by atoms with Gasteiger partial charge in [0.05, 0.1) is 5.69 Å². The Morgan fingerprint density at radius 3 is 2.00 bits per heavy atom. The molecule has 1 aromatic heterocycles. The van der Waals surface area contributed by atoms with Crippen LogP contribution in [0.25, 0.3) is 22.4 Å². The molecule has 0 fully saturated rings. The second kappa shape index (κ2) is 8.17. The first-order valence-corrected chi connectivity index (χ1v) is 9.57. The summed E-state index contributed by atoms with van der Waals surface area (Å²) in [6.07, 6.45) is 0. The Bertz CT molecular complexity index is 1240. The van der Waals surface area contributed by atoms with Crippen LogP contribution < -0.4 is 10.3 Å². The highest BCUT2D eigenvalue weighted by Crippen LogP contribution is 2.32. The molecule has 0 atom stereocenters. The van der Waals surface area contributed by atoms with Crippen LogP contribution in [0.5, 0.6) is 5.75 Å². The maximum Gasteiger partial charge on any atom is 0.349 e. The van der Waals surface area contributed by atoms with Crippen molar-refractivity contribution in [1.82, 2.24) is 10.2 Å². The van der Waals surface area contributed by atoms with Crippen LogP contribution in [-0.4, -0.2) is 16.2 Å². The lowest BCUT2D eigenvalue weighted by atomic mass is 9.95. The zero-order valence-electron chi connectivity index (χ0n) is 16.7. The van der Waals surface area contributed by atoms with E-state index in [1.165, 1.54) is 0 Å². The number of aryl methyl sites for hydroxylation is 2. The molecule has 1 N–H and O–H groups in total. The van der Waals surface area contributed by atoms with Crippen LogP contribution in [0, 0.1) is 13.8 Å². The number of esters is 1. The van der Waals surface area contributed by atoms with Crippen LogP contribution in [0.15, 0.2) is 83.7 Å². The summed E-state index contributed by atoms with van der Waals surface area (Å²) >= 11 is 0. The lowest BCUT2D eigenvalue weighted by molar-refractivity contribution is 0.0733. The molecule has 0 radical (unpaired) electrons. The Morgan fingerprint density at radius 1 is 0.833 bits per heavy atom. The van der Waals surface area contributed by atoms with Gasteiger partial charge in [-0.15, -0.1) is 0 Å². The Kier molecular flexibility index (Phi) is 5.26. The van der Waals surface area contributed by atoms with Crippen LogP contribution in [-0.2, 0) is 0 Å². The van der Waals surface area contributed by atoms with E-state index >= 15 is 0 Å². The summed E-state index contributed by atoms with van der Waals surface area (Å²) in [6, 6.07) is 24.2. The SMILES string of the molecule is Cc1cc(C)cc(OC(=O)c2c(-c3ccccc3)c(-c3ccccc3)n[nH]c2=O)c1. The van der Waals surface area contributed by atoms with Gasteiger partial charge in [0.2, 0.25) is 0 Å². The topological polar surface area (TPSA) is 72.0 Å². The number of rotatable bonds is 4. The second-order valence-corrected chi connectivity index (χ2v) is 7.10. The fraction of sp³-hybridized carbons (Fsp3) is 0.0800. The molecule has 5 heteroatoms. The van der Waals surface area contributed by atoms with E-state index < -0.39 is 11.5 Å². The number of hydrogen-bond acceptors (Lipinski definition) is 4. The van der Waals surface area contributed by atoms with Crippen molar-refractivity contribution in [1.29, 1.82) is 0 Å². The number of aromatic nitrogens is 2. The van der Waals surface area contributed by atoms with Gasteiger partial charge in [-0.05, 0) is 42.7 Å². The summed E-state index contributed by atoms with van der Waals surface area (Å²) in [4.78, 5) is 25.9. The van der Waals surface area contributed by atoms with Crippen molar-refractivity contribution in [3.63, 3.8) is 0 Å². The Labute approximate surface area is 174 Å². The smallest absolute Gasteiger partial charge is 0.349 e. The second-order valence-electron chi connectivity index (χ2n) is 7.10.